The van der Waals surface area contributed by atoms with E-state index in [1.54, 1.807) is 0 Å². The quantitative estimate of drug-likeness (QED) is 0.336. The number of aryl methyl sites for hydroxylation is 1. The van der Waals surface area contributed by atoms with Crippen LogP contribution in [0.5, 0.6) is 0 Å². The molecule has 4 aromatic rings. The number of hydrogen-bond acceptors (Lipinski definition) is 4. The summed E-state index contributed by atoms with van der Waals surface area (Å²) in [5, 5.41) is 18.0. The fraction of sp³-hybridized carbons (Fsp3) is 0.321. The number of aliphatic hydroxyl groups excluding tert-OH is 1. The Balaban J connectivity index is 1.19. The van der Waals surface area contributed by atoms with Crippen molar-refractivity contribution in [1.82, 2.24) is 9.47 Å². The van der Waals surface area contributed by atoms with Gasteiger partial charge in [0.05, 0.1) is 13.2 Å². The topological polar surface area (TPSA) is 69.5 Å². The molecule has 1 fully saturated rings. The fourth-order valence-electron chi connectivity index (χ4n) is 5.18. The van der Waals surface area contributed by atoms with Gasteiger partial charge in [-0.3, -0.25) is 9.69 Å². The lowest BCUT2D eigenvalue weighted by atomic mass is 10.0. The van der Waals surface area contributed by atoms with Gasteiger partial charge in [0.25, 0.3) is 0 Å². The Bertz CT molecular complexity index is 1410. The van der Waals surface area contributed by atoms with Crippen molar-refractivity contribution in [1.29, 1.82) is 0 Å². The molecule has 0 spiro atoms. The van der Waals surface area contributed by atoms with Crippen molar-refractivity contribution in [3.63, 3.8) is 0 Å². The van der Waals surface area contributed by atoms with Crippen LogP contribution in [-0.4, -0.2) is 46.2 Å². The van der Waals surface area contributed by atoms with E-state index in [0.717, 1.165) is 48.1 Å². The first kappa shape index (κ1) is 24.2. The number of nitrogens with one attached hydrogen (secondary N) is 2. The number of piperidine rings is 1. The first-order valence-corrected chi connectivity index (χ1v) is 12.3. The van der Waals surface area contributed by atoms with Crippen LogP contribution in [0.15, 0.2) is 54.6 Å². The summed E-state index contributed by atoms with van der Waals surface area (Å²) in [6.45, 7) is 4.32. The molecule has 3 aromatic carbocycles. The molecule has 0 atom stereocenters. The predicted molar refractivity (Wildman–Crippen MR) is 139 cm³/mol. The molecule has 5 rings (SSSR count). The number of aromatic nitrogens is 1. The summed E-state index contributed by atoms with van der Waals surface area (Å²) in [6, 6.07) is 16.5. The largest absolute Gasteiger partial charge is 0.392 e. The molecule has 1 amide bonds. The van der Waals surface area contributed by atoms with E-state index in [9.17, 15) is 18.7 Å². The fourth-order valence-corrected chi connectivity index (χ4v) is 5.18. The summed E-state index contributed by atoms with van der Waals surface area (Å²) in [4.78, 5) is 14.9. The number of nitrogens with zero attached hydrogens (tertiary/aromatic N) is 2. The van der Waals surface area contributed by atoms with Gasteiger partial charge >= 0.3 is 0 Å². The van der Waals surface area contributed by atoms with Crippen molar-refractivity contribution < 1.29 is 18.7 Å². The van der Waals surface area contributed by atoms with Crippen molar-refractivity contribution in [2.75, 3.05) is 30.3 Å². The summed E-state index contributed by atoms with van der Waals surface area (Å²) in [6.07, 6.45) is 1.50. The molecule has 0 bridgehead atoms. The van der Waals surface area contributed by atoms with Gasteiger partial charge in [0.1, 0.15) is 0 Å². The minimum atomic E-state index is -0.972. The van der Waals surface area contributed by atoms with Gasteiger partial charge in [0.2, 0.25) is 5.91 Å². The summed E-state index contributed by atoms with van der Waals surface area (Å²) < 4.78 is 29.4. The number of carbonyl (C=O) groups excluding carboxylic acids is 1. The summed E-state index contributed by atoms with van der Waals surface area (Å²) in [5.74, 6) is -1.98. The molecule has 36 heavy (non-hydrogen) atoms. The van der Waals surface area contributed by atoms with E-state index in [-0.39, 0.29) is 25.1 Å². The number of para-hydroxylation sites is 1. The van der Waals surface area contributed by atoms with Gasteiger partial charge in [0.15, 0.2) is 11.6 Å². The number of aliphatic hydroxyl groups is 1. The van der Waals surface area contributed by atoms with E-state index >= 15 is 0 Å². The van der Waals surface area contributed by atoms with E-state index in [1.165, 1.54) is 10.9 Å². The average molecular weight is 493 g/mol. The Kier molecular flexibility index (Phi) is 6.89. The monoisotopic (exact) mass is 492 g/mol. The molecule has 1 aromatic heterocycles. The van der Waals surface area contributed by atoms with Crippen LogP contribution in [0.2, 0.25) is 0 Å². The second-order valence-corrected chi connectivity index (χ2v) is 9.32. The van der Waals surface area contributed by atoms with Gasteiger partial charge in [0, 0.05) is 70.5 Å². The standard InChI is InChI=1S/C28H30F2N4O2/c1-2-34-26-6-4-3-5-21(26)22-14-20(7-8-27(22)34)32-28(36)16-33-11-9-19(10-12-33)31-25-15-24(30)23(29)13-18(25)17-35/h3-8,13-15,19,31,35H,2,9-12,16-17H2,1H3,(H,32,36). The number of fused-ring (bicyclic) bond motifs is 3. The van der Waals surface area contributed by atoms with Crippen LogP contribution >= 0.6 is 0 Å². The predicted octanol–water partition coefficient (Wildman–Crippen LogP) is 5.10. The molecule has 6 nitrogen and oxygen atoms in total. The Morgan fingerprint density at radius 3 is 2.47 bits per heavy atom. The Morgan fingerprint density at radius 1 is 1.00 bits per heavy atom. The smallest absolute Gasteiger partial charge is 0.238 e. The molecule has 8 heteroatoms. The van der Waals surface area contributed by atoms with Gasteiger partial charge in [-0.2, -0.15) is 0 Å². The molecule has 2 heterocycles. The maximum atomic E-state index is 13.7. The normalized spacial score (nSPS) is 15.0. The average Bonchev–Trinajstić information content (AvgIpc) is 3.20. The van der Waals surface area contributed by atoms with E-state index < -0.39 is 11.6 Å². The minimum absolute atomic E-state index is 0.0535. The molecular formula is C28H30F2N4O2. The lowest BCUT2D eigenvalue weighted by Gasteiger charge is -2.32. The molecule has 1 aliphatic heterocycles. The number of anilines is 2. The zero-order valence-electron chi connectivity index (χ0n) is 20.2. The minimum Gasteiger partial charge on any atom is -0.392 e. The lowest BCUT2D eigenvalue weighted by Crippen LogP contribution is -2.42. The van der Waals surface area contributed by atoms with Gasteiger partial charge < -0.3 is 20.3 Å². The van der Waals surface area contributed by atoms with Gasteiger partial charge in [-0.1, -0.05) is 18.2 Å². The summed E-state index contributed by atoms with van der Waals surface area (Å²) in [5.41, 5.74) is 3.85. The van der Waals surface area contributed by atoms with Crippen LogP contribution in [0.4, 0.5) is 20.2 Å². The number of amides is 1. The van der Waals surface area contributed by atoms with Crippen molar-refractivity contribution in [2.24, 2.45) is 0 Å². The first-order valence-electron chi connectivity index (χ1n) is 12.3. The molecule has 0 aliphatic carbocycles. The van der Waals surface area contributed by atoms with Crippen LogP contribution in [0.25, 0.3) is 21.8 Å². The number of hydrogen-bond donors (Lipinski definition) is 3. The van der Waals surface area contributed by atoms with Crippen molar-refractivity contribution in [3.8, 4) is 0 Å². The highest BCUT2D eigenvalue weighted by Gasteiger charge is 2.22. The third kappa shape index (κ3) is 4.79. The number of rotatable bonds is 7. The molecule has 0 saturated carbocycles. The second kappa shape index (κ2) is 10.2. The van der Waals surface area contributed by atoms with Crippen LogP contribution in [0.1, 0.15) is 25.3 Å². The zero-order chi connectivity index (χ0) is 25.2. The molecule has 188 valence electrons. The number of carbonyl (C=O) groups is 1. The first-order chi connectivity index (χ1) is 17.5. The Hall–Kier alpha value is -3.49. The Morgan fingerprint density at radius 2 is 1.72 bits per heavy atom. The summed E-state index contributed by atoms with van der Waals surface area (Å²) >= 11 is 0. The molecule has 0 radical (unpaired) electrons. The van der Waals surface area contributed by atoms with Crippen LogP contribution in [0.3, 0.4) is 0 Å². The van der Waals surface area contributed by atoms with Crippen LogP contribution in [-0.2, 0) is 17.9 Å². The van der Waals surface area contributed by atoms with Crippen molar-refractivity contribution >= 4 is 39.1 Å². The van der Waals surface area contributed by atoms with Crippen LogP contribution < -0.4 is 10.6 Å². The highest BCUT2D eigenvalue weighted by molar-refractivity contribution is 6.09. The zero-order valence-corrected chi connectivity index (χ0v) is 20.2. The lowest BCUT2D eigenvalue weighted by molar-refractivity contribution is -0.117. The van der Waals surface area contributed by atoms with E-state index in [2.05, 4.69) is 45.2 Å². The third-order valence-corrected chi connectivity index (χ3v) is 7.00. The Labute approximate surface area is 208 Å². The van der Waals surface area contributed by atoms with Crippen LogP contribution in [0, 0.1) is 11.6 Å². The molecule has 1 saturated heterocycles. The van der Waals surface area contributed by atoms with E-state index in [0.29, 0.717) is 24.3 Å². The van der Waals surface area contributed by atoms with Crippen molar-refractivity contribution in [3.05, 3.63) is 71.8 Å². The second-order valence-electron chi connectivity index (χ2n) is 9.32. The van der Waals surface area contributed by atoms with E-state index in [1.807, 2.05) is 24.3 Å². The number of likely N-dealkylation sites (tertiary alicyclic amines) is 1. The number of benzene rings is 3. The molecule has 3 N–H and O–H groups in total. The molecule has 1 aliphatic rings. The maximum absolute atomic E-state index is 13.7. The third-order valence-electron chi connectivity index (χ3n) is 7.00. The van der Waals surface area contributed by atoms with Gasteiger partial charge in [-0.05, 0) is 50.1 Å². The highest BCUT2D eigenvalue weighted by atomic mass is 19.2. The van der Waals surface area contributed by atoms with Gasteiger partial charge in [-0.15, -0.1) is 0 Å². The molecular weight excluding hydrogens is 462 g/mol. The summed E-state index contributed by atoms with van der Waals surface area (Å²) in [7, 11) is 0. The number of halogens is 2. The highest BCUT2D eigenvalue weighted by Crippen LogP contribution is 2.31. The van der Waals surface area contributed by atoms with E-state index in [4.69, 9.17) is 0 Å². The van der Waals surface area contributed by atoms with Gasteiger partial charge in [-0.25, -0.2) is 8.78 Å². The molecule has 0 unspecified atom stereocenters. The SMILES string of the molecule is CCn1c2ccccc2c2cc(NC(=O)CN3CCC(Nc4cc(F)c(F)cc4CO)CC3)ccc21. The van der Waals surface area contributed by atoms with Crippen molar-refractivity contribution in [2.45, 2.75) is 39.0 Å². The maximum Gasteiger partial charge on any atom is 0.238 e.